The van der Waals surface area contributed by atoms with Crippen LogP contribution in [-0.2, 0) is 6.54 Å². The molecule has 0 fully saturated rings. The molecule has 0 amide bonds. The highest BCUT2D eigenvalue weighted by Crippen LogP contribution is 2.18. The van der Waals surface area contributed by atoms with Crippen LogP contribution in [0, 0.1) is 5.92 Å². The molecular formula is C20H29IN4. The molecule has 1 atom stereocenters. The number of aromatic nitrogens is 1. The smallest absolute Gasteiger partial charge is 0.191 e. The van der Waals surface area contributed by atoms with Crippen molar-refractivity contribution in [1.82, 2.24) is 15.6 Å². The molecule has 2 N–H and O–H groups in total. The lowest BCUT2D eigenvalue weighted by Gasteiger charge is -2.20. The number of halogens is 1. The number of hydrogen-bond acceptors (Lipinski definition) is 2. The van der Waals surface area contributed by atoms with E-state index in [0.717, 1.165) is 23.8 Å². The second-order valence-electron chi connectivity index (χ2n) is 6.29. The van der Waals surface area contributed by atoms with Gasteiger partial charge in [-0.25, -0.2) is 4.99 Å². The monoisotopic (exact) mass is 452 g/mol. The summed E-state index contributed by atoms with van der Waals surface area (Å²) in [7, 11) is 0. The Labute approximate surface area is 168 Å². The lowest BCUT2D eigenvalue weighted by molar-refractivity contribution is 0.481. The van der Waals surface area contributed by atoms with Crippen molar-refractivity contribution < 1.29 is 0 Å². The molecule has 4 nitrogen and oxygen atoms in total. The van der Waals surface area contributed by atoms with Gasteiger partial charge in [-0.05, 0) is 43.5 Å². The third kappa shape index (κ3) is 7.02. The molecule has 0 aliphatic rings. The van der Waals surface area contributed by atoms with Crippen LogP contribution in [-0.4, -0.2) is 23.5 Å². The van der Waals surface area contributed by atoms with Crippen molar-refractivity contribution in [2.45, 2.75) is 40.3 Å². The van der Waals surface area contributed by atoms with Gasteiger partial charge >= 0.3 is 0 Å². The first-order valence-corrected chi connectivity index (χ1v) is 8.65. The molecule has 136 valence electrons. The van der Waals surface area contributed by atoms with Crippen molar-refractivity contribution in [3.8, 4) is 11.3 Å². The minimum absolute atomic E-state index is 0. The van der Waals surface area contributed by atoms with E-state index < -0.39 is 0 Å². The Kier molecular flexibility index (Phi) is 9.49. The minimum Gasteiger partial charge on any atom is -0.357 e. The van der Waals surface area contributed by atoms with Crippen molar-refractivity contribution in [2.24, 2.45) is 10.9 Å². The number of pyridine rings is 1. The summed E-state index contributed by atoms with van der Waals surface area (Å²) in [5.74, 6) is 1.42. The Morgan fingerprint density at radius 1 is 1.12 bits per heavy atom. The van der Waals surface area contributed by atoms with Crippen LogP contribution >= 0.6 is 24.0 Å². The van der Waals surface area contributed by atoms with Gasteiger partial charge in [-0.15, -0.1) is 24.0 Å². The van der Waals surface area contributed by atoms with E-state index in [1.54, 1.807) is 0 Å². The fourth-order valence-electron chi connectivity index (χ4n) is 2.24. The Morgan fingerprint density at radius 2 is 1.92 bits per heavy atom. The second-order valence-corrected chi connectivity index (χ2v) is 6.29. The number of nitrogens with one attached hydrogen (secondary N) is 2. The van der Waals surface area contributed by atoms with E-state index in [1.807, 2.05) is 24.4 Å². The van der Waals surface area contributed by atoms with Gasteiger partial charge in [0.05, 0.1) is 12.2 Å². The van der Waals surface area contributed by atoms with Crippen LogP contribution in [0.15, 0.2) is 53.7 Å². The number of nitrogens with zero attached hydrogens (tertiary/aromatic N) is 2. The van der Waals surface area contributed by atoms with E-state index in [2.05, 4.69) is 67.6 Å². The quantitative estimate of drug-likeness (QED) is 0.387. The van der Waals surface area contributed by atoms with Crippen molar-refractivity contribution in [1.29, 1.82) is 0 Å². The third-order valence-electron chi connectivity index (χ3n) is 4.02. The first-order valence-electron chi connectivity index (χ1n) is 8.65. The molecule has 0 spiro atoms. The van der Waals surface area contributed by atoms with Crippen molar-refractivity contribution in [3.63, 3.8) is 0 Å². The zero-order valence-corrected chi connectivity index (χ0v) is 17.8. The van der Waals surface area contributed by atoms with Gasteiger partial charge in [0.15, 0.2) is 5.96 Å². The van der Waals surface area contributed by atoms with Gasteiger partial charge in [0.1, 0.15) is 0 Å². The maximum absolute atomic E-state index is 4.71. The van der Waals surface area contributed by atoms with Gasteiger partial charge < -0.3 is 10.6 Å². The minimum atomic E-state index is 0. The molecule has 25 heavy (non-hydrogen) atoms. The number of hydrogen-bond donors (Lipinski definition) is 2. The highest BCUT2D eigenvalue weighted by molar-refractivity contribution is 14.0. The van der Waals surface area contributed by atoms with Gasteiger partial charge in [-0.3, -0.25) is 4.98 Å². The van der Waals surface area contributed by atoms with Crippen LogP contribution in [0.1, 0.15) is 33.3 Å². The summed E-state index contributed by atoms with van der Waals surface area (Å²) in [5.41, 5.74) is 3.28. The molecule has 1 heterocycles. The number of rotatable bonds is 6. The molecule has 0 aliphatic heterocycles. The summed E-state index contributed by atoms with van der Waals surface area (Å²) in [6.07, 6.45) is 1.82. The first-order chi connectivity index (χ1) is 11.6. The summed E-state index contributed by atoms with van der Waals surface area (Å²) in [6.45, 7) is 10.2. The first kappa shape index (κ1) is 21.4. The summed E-state index contributed by atoms with van der Waals surface area (Å²) in [6, 6.07) is 14.7. The number of guanidine groups is 1. The Balaban J connectivity index is 0.00000312. The van der Waals surface area contributed by atoms with Crippen molar-refractivity contribution in [3.05, 3.63) is 54.2 Å². The standard InChI is InChI=1S/C20H28N4.HI/c1-5-21-20(24-16(4)15(2)3)23-14-17-9-8-10-18(13-17)19-11-6-7-12-22-19;/h6-13,15-16H,5,14H2,1-4H3,(H2,21,23,24);1H. The lowest BCUT2D eigenvalue weighted by atomic mass is 10.1. The number of aliphatic imine (C=N–C) groups is 1. The van der Waals surface area contributed by atoms with Crippen LogP contribution in [0.2, 0.25) is 0 Å². The molecule has 1 unspecified atom stereocenters. The molecule has 1 aromatic carbocycles. The van der Waals surface area contributed by atoms with E-state index in [-0.39, 0.29) is 24.0 Å². The van der Waals surface area contributed by atoms with Crippen LogP contribution in [0.3, 0.4) is 0 Å². The summed E-state index contributed by atoms with van der Waals surface area (Å²) in [5, 5.41) is 6.77. The normalized spacial score (nSPS) is 12.4. The van der Waals surface area contributed by atoms with E-state index in [1.165, 1.54) is 5.56 Å². The number of benzene rings is 1. The van der Waals surface area contributed by atoms with Crippen LogP contribution in [0.5, 0.6) is 0 Å². The van der Waals surface area contributed by atoms with Gasteiger partial charge in [0.2, 0.25) is 0 Å². The molecule has 1 aromatic heterocycles. The van der Waals surface area contributed by atoms with Crippen LogP contribution in [0.25, 0.3) is 11.3 Å². The molecule has 2 rings (SSSR count). The Morgan fingerprint density at radius 3 is 2.56 bits per heavy atom. The van der Waals surface area contributed by atoms with Crippen molar-refractivity contribution in [2.75, 3.05) is 6.54 Å². The predicted molar refractivity (Wildman–Crippen MR) is 117 cm³/mol. The average molecular weight is 452 g/mol. The van der Waals surface area contributed by atoms with Crippen LogP contribution in [0.4, 0.5) is 0 Å². The van der Waals surface area contributed by atoms with E-state index in [9.17, 15) is 0 Å². The molecule has 5 heteroatoms. The molecule has 0 saturated carbocycles. The zero-order valence-electron chi connectivity index (χ0n) is 15.5. The largest absolute Gasteiger partial charge is 0.357 e. The highest BCUT2D eigenvalue weighted by Gasteiger charge is 2.08. The second kappa shape index (κ2) is 11.1. The molecule has 0 bridgehead atoms. The van der Waals surface area contributed by atoms with E-state index in [4.69, 9.17) is 4.99 Å². The van der Waals surface area contributed by atoms with Gasteiger partial charge in [-0.1, -0.05) is 38.1 Å². The van der Waals surface area contributed by atoms with Gasteiger partial charge in [-0.2, -0.15) is 0 Å². The summed E-state index contributed by atoms with van der Waals surface area (Å²) in [4.78, 5) is 9.13. The SMILES string of the molecule is CCNC(=NCc1cccc(-c2ccccn2)c1)NC(C)C(C)C.I. The topological polar surface area (TPSA) is 49.3 Å². The lowest BCUT2D eigenvalue weighted by Crippen LogP contribution is -2.44. The predicted octanol–water partition coefficient (Wildman–Crippen LogP) is 4.47. The fraction of sp³-hybridized carbons (Fsp3) is 0.400. The zero-order chi connectivity index (χ0) is 17.4. The Hall–Kier alpha value is -1.63. The van der Waals surface area contributed by atoms with E-state index in [0.29, 0.717) is 18.5 Å². The highest BCUT2D eigenvalue weighted by atomic mass is 127. The van der Waals surface area contributed by atoms with Crippen molar-refractivity contribution >= 4 is 29.9 Å². The molecule has 2 aromatic rings. The molecule has 0 saturated heterocycles. The molecule has 0 aliphatic carbocycles. The maximum Gasteiger partial charge on any atom is 0.191 e. The summed E-state index contributed by atoms with van der Waals surface area (Å²) >= 11 is 0. The maximum atomic E-state index is 4.71. The van der Waals surface area contributed by atoms with Crippen LogP contribution < -0.4 is 10.6 Å². The third-order valence-corrected chi connectivity index (χ3v) is 4.02. The molecular weight excluding hydrogens is 423 g/mol. The average Bonchev–Trinajstić information content (AvgIpc) is 2.60. The van der Waals surface area contributed by atoms with Gasteiger partial charge in [0.25, 0.3) is 0 Å². The Bertz CT molecular complexity index is 656. The summed E-state index contributed by atoms with van der Waals surface area (Å²) < 4.78 is 0. The van der Waals surface area contributed by atoms with Gasteiger partial charge in [0, 0.05) is 24.3 Å². The van der Waals surface area contributed by atoms with E-state index >= 15 is 0 Å². The molecule has 0 radical (unpaired) electrons. The fourth-order valence-corrected chi connectivity index (χ4v) is 2.24.